The first-order chi connectivity index (χ1) is 21.7. The third-order valence-corrected chi connectivity index (χ3v) is 8.05. The minimum atomic E-state index is -0.278. The van der Waals surface area contributed by atoms with Gasteiger partial charge in [0.2, 0.25) is 0 Å². The van der Waals surface area contributed by atoms with E-state index in [1.807, 2.05) is 37.5 Å². The maximum absolute atomic E-state index is 12.8. The van der Waals surface area contributed by atoms with Crippen molar-refractivity contribution in [2.24, 2.45) is 0 Å². The van der Waals surface area contributed by atoms with Crippen molar-refractivity contribution in [1.29, 1.82) is 0 Å². The smallest absolute Gasteiger partial charge is 0.141 e. The molecule has 3 heterocycles. The van der Waals surface area contributed by atoms with Crippen LogP contribution in [0.2, 0.25) is 0 Å². The van der Waals surface area contributed by atoms with Gasteiger partial charge in [0.05, 0.1) is 5.52 Å². The number of para-hydroxylation sites is 1. The zero-order valence-electron chi connectivity index (χ0n) is 28.6. The molecule has 6 rings (SSSR count). The molecule has 0 saturated carbocycles. The summed E-state index contributed by atoms with van der Waals surface area (Å²) in [6.45, 7) is 19.4. The largest absolute Gasteiger partial charge is 0.304 e. The molecule has 3 aromatic carbocycles. The summed E-state index contributed by atoms with van der Waals surface area (Å²) in [7, 11) is 0. The SMILES string of the molecule is CC(C)(C)c1ccc(-c2[c-]cc(F)cc2)nc1.Cc1cc(-c2[c-]ccc(-c3nc(C)c4cccc(C)c4n3)c2)ncc1C(C)(C)C.[Ir]. The fourth-order valence-corrected chi connectivity index (χ4v) is 5.38. The summed E-state index contributed by atoms with van der Waals surface area (Å²) in [4.78, 5) is 18.7. The Morgan fingerprint density at radius 1 is 0.681 bits per heavy atom. The minimum absolute atomic E-state index is 0. The van der Waals surface area contributed by atoms with Crippen molar-refractivity contribution in [2.75, 3.05) is 0 Å². The van der Waals surface area contributed by atoms with Gasteiger partial charge in [-0.1, -0.05) is 89.1 Å². The fraction of sp³-hybridized carbons (Fsp3) is 0.268. The van der Waals surface area contributed by atoms with Gasteiger partial charge in [0.15, 0.2) is 0 Å². The van der Waals surface area contributed by atoms with Gasteiger partial charge in [-0.25, -0.2) is 9.97 Å². The third kappa shape index (κ3) is 8.43. The number of aryl methyl sites for hydroxylation is 3. The van der Waals surface area contributed by atoms with Gasteiger partial charge in [-0.3, -0.25) is 4.39 Å². The molecule has 0 aliphatic carbocycles. The number of hydrogen-bond donors (Lipinski definition) is 0. The van der Waals surface area contributed by atoms with Crippen LogP contribution in [0.3, 0.4) is 0 Å². The van der Waals surface area contributed by atoms with Crippen LogP contribution in [0.25, 0.3) is 44.8 Å². The Hall–Kier alpha value is -4.12. The van der Waals surface area contributed by atoms with E-state index in [9.17, 15) is 4.39 Å². The summed E-state index contributed by atoms with van der Waals surface area (Å²) < 4.78 is 12.8. The first-order valence-electron chi connectivity index (χ1n) is 15.6. The van der Waals surface area contributed by atoms with Crippen molar-refractivity contribution < 1.29 is 24.5 Å². The Labute approximate surface area is 292 Å². The van der Waals surface area contributed by atoms with E-state index < -0.39 is 0 Å². The van der Waals surface area contributed by atoms with E-state index in [2.05, 4.69) is 109 Å². The summed E-state index contributed by atoms with van der Waals surface area (Å²) in [6.07, 6.45) is 3.86. The van der Waals surface area contributed by atoms with Gasteiger partial charge in [-0.05, 0) is 59.7 Å². The maximum Gasteiger partial charge on any atom is 0.141 e. The summed E-state index contributed by atoms with van der Waals surface area (Å²) in [5.74, 6) is 0.461. The summed E-state index contributed by atoms with van der Waals surface area (Å²) >= 11 is 0. The first-order valence-corrected chi connectivity index (χ1v) is 15.6. The van der Waals surface area contributed by atoms with Gasteiger partial charge >= 0.3 is 0 Å². The molecule has 0 saturated heterocycles. The molecule has 0 bridgehead atoms. The van der Waals surface area contributed by atoms with Crippen LogP contribution >= 0.6 is 0 Å². The van der Waals surface area contributed by atoms with Crippen LogP contribution in [0.5, 0.6) is 0 Å². The molecule has 0 aliphatic heterocycles. The number of pyridine rings is 2. The van der Waals surface area contributed by atoms with E-state index in [-0.39, 0.29) is 36.8 Å². The van der Waals surface area contributed by atoms with Crippen molar-refractivity contribution in [3.63, 3.8) is 0 Å². The Morgan fingerprint density at radius 3 is 2.04 bits per heavy atom. The Bertz CT molecular complexity index is 1990. The van der Waals surface area contributed by atoms with Crippen LogP contribution in [-0.2, 0) is 30.9 Å². The number of nitrogens with zero attached hydrogens (tertiary/aromatic N) is 4. The Morgan fingerprint density at radius 2 is 1.43 bits per heavy atom. The molecular formula is C41H41FIrN4-2. The topological polar surface area (TPSA) is 51.6 Å². The predicted molar refractivity (Wildman–Crippen MR) is 187 cm³/mol. The number of benzene rings is 3. The second kappa shape index (κ2) is 14.3. The van der Waals surface area contributed by atoms with Gasteiger partial charge in [0.25, 0.3) is 0 Å². The van der Waals surface area contributed by atoms with Gasteiger partial charge in [-0.15, -0.1) is 59.7 Å². The molecule has 1 radical (unpaired) electrons. The number of fused-ring (bicyclic) bond motifs is 1. The molecule has 6 aromatic rings. The van der Waals surface area contributed by atoms with E-state index in [0.29, 0.717) is 0 Å². The monoisotopic (exact) mass is 801 g/mol. The first kappa shape index (κ1) is 35.7. The Balaban J connectivity index is 0.000000238. The van der Waals surface area contributed by atoms with Crippen LogP contribution in [0, 0.1) is 38.7 Å². The predicted octanol–water partition coefficient (Wildman–Crippen LogP) is 10.4. The molecule has 0 N–H and O–H groups in total. The second-order valence-electron chi connectivity index (χ2n) is 13.8. The van der Waals surface area contributed by atoms with E-state index >= 15 is 0 Å². The van der Waals surface area contributed by atoms with E-state index in [0.717, 1.165) is 56.1 Å². The van der Waals surface area contributed by atoms with Crippen molar-refractivity contribution in [3.8, 4) is 33.9 Å². The standard InChI is InChI=1S/C26H26N3.C15H15FN.Ir/c1-16-9-7-12-21-18(3)28-25(29-24(16)21)20-11-8-10-19(14-20)23-13-17(2)22(15-27-23)26(4,5)6;1-15(2,3)12-6-9-14(17-10-12)11-4-7-13(16)8-5-11;/h7-9,11-15H,1-6H3;4,6-10H,1-3H3;/q2*-1;. The Kier molecular flexibility index (Phi) is 10.9. The van der Waals surface area contributed by atoms with Gasteiger partial charge in [0, 0.05) is 49.4 Å². The molecule has 0 fully saturated rings. The number of halogens is 1. The van der Waals surface area contributed by atoms with Crippen molar-refractivity contribution in [1.82, 2.24) is 19.9 Å². The quantitative estimate of drug-likeness (QED) is 0.167. The van der Waals surface area contributed by atoms with Crippen LogP contribution < -0.4 is 0 Å². The fourth-order valence-electron chi connectivity index (χ4n) is 5.38. The van der Waals surface area contributed by atoms with Crippen LogP contribution in [0.15, 0.2) is 85.2 Å². The van der Waals surface area contributed by atoms with Crippen molar-refractivity contribution in [2.45, 2.75) is 73.1 Å². The summed E-state index contributed by atoms with van der Waals surface area (Å²) in [6, 6.07) is 29.0. The van der Waals surface area contributed by atoms with Gasteiger partial charge in [0.1, 0.15) is 5.82 Å². The maximum atomic E-state index is 12.8. The molecule has 0 amide bonds. The minimum Gasteiger partial charge on any atom is -0.304 e. The average molecular weight is 801 g/mol. The molecule has 0 spiro atoms. The van der Waals surface area contributed by atoms with E-state index in [1.54, 1.807) is 6.07 Å². The number of aromatic nitrogens is 4. The second-order valence-corrected chi connectivity index (χ2v) is 13.8. The molecule has 3 aromatic heterocycles. The summed E-state index contributed by atoms with van der Waals surface area (Å²) in [5, 5.41) is 1.10. The normalized spacial score (nSPS) is 11.4. The molecule has 0 unspecified atom stereocenters. The molecule has 4 nitrogen and oxygen atoms in total. The van der Waals surface area contributed by atoms with Gasteiger partial charge < -0.3 is 9.97 Å². The zero-order valence-corrected chi connectivity index (χ0v) is 31.0. The van der Waals surface area contributed by atoms with Crippen LogP contribution in [0.4, 0.5) is 4.39 Å². The van der Waals surface area contributed by atoms with Crippen molar-refractivity contribution in [3.05, 3.63) is 131 Å². The molecule has 243 valence electrons. The molecule has 0 aliphatic rings. The van der Waals surface area contributed by atoms with E-state index in [4.69, 9.17) is 15.0 Å². The average Bonchev–Trinajstić information content (AvgIpc) is 3.01. The van der Waals surface area contributed by atoms with Crippen LogP contribution in [-0.4, -0.2) is 19.9 Å². The van der Waals surface area contributed by atoms with Gasteiger partial charge in [-0.2, -0.15) is 0 Å². The molecule has 47 heavy (non-hydrogen) atoms. The molecule has 6 heteroatoms. The van der Waals surface area contributed by atoms with Crippen LogP contribution in [0.1, 0.15) is 69.5 Å². The summed E-state index contributed by atoms with van der Waals surface area (Å²) in [5.41, 5.74) is 11.5. The number of hydrogen-bond acceptors (Lipinski definition) is 4. The van der Waals surface area contributed by atoms with Crippen molar-refractivity contribution >= 4 is 10.9 Å². The third-order valence-electron chi connectivity index (χ3n) is 8.05. The molecular weight excluding hydrogens is 760 g/mol. The number of rotatable bonds is 3. The molecule has 0 atom stereocenters. The van der Waals surface area contributed by atoms with E-state index in [1.165, 1.54) is 28.8 Å². The zero-order chi connectivity index (χ0) is 33.2.